The monoisotopic (exact) mass is 318 g/mol. The molecule has 0 unspecified atom stereocenters. The fourth-order valence-corrected chi connectivity index (χ4v) is 2.24. The molecule has 7 heteroatoms. The van der Waals surface area contributed by atoms with Gasteiger partial charge in [-0.05, 0) is 24.3 Å². The van der Waals surface area contributed by atoms with Crippen molar-refractivity contribution in [1.29, 1.82) is 0 Å². The van der Waals surface area contributed by atoms with Crippen molar-refractivity contribution < 1.29 is 4.74 Å². The van der Waals surface area contributed by atoms with E-state index in [-0.39, 0.29) is 0 Å². The summed E-state index contributed by atoms with van der Waals surface area (Å²) in [5.41, 5.74) is 1.68. The molecule has 4 aromatic heterocycles. The molecule has 0 saturated heterocycles. The Balaban J connectivity index is 1.58. The summed E-state index contributed by atoms with van der Waals surface area (Å²) >= 11 is 0. The van der Waals surface area contributed by atoms with Crippen LogP contribution < -0.4 is 10.1 Å². The number of hydrogen-bond donors (Lipinski definition) is 1. The highest BCUT2D eigenvalue weighted by Gasteiger charge is 2.08. The number of anilines is 2. The molecule has 0 radical (unpaired) electrons. The van der Waals surface area contributed by atoms with E-state index in [0.29, 0.717) is 29.9 Å². The molecule has 0 aliphatic heterocycles. The van der Waals surface area contributed by atoms with Gasteiger partial charge in [-0.2, -0.15) is 9.50 Å². The van der Waals surface area contributed by atoms with E-state index in [1.807, 2.05) is 48.5 Å². The Morgan fingerprint density at radius 3 is 2.83 bits per heavy atom. The third-order valence-corrected chi connectivity index (χ3v) is 3.34. The lowest BCUT2D eigenvalue weighted by molar-refractivity contribution is 0.286. The average molecular weight is 318 g/mol. The summed E-state index contributed by atoms with van der Waals surface area (Å²) in [4.78, 5) is 12.7. The molecule has 0 spiro atoms. The minimum Gasteiger partial charge on any atom is -0.473 e. The van der Waals surface area contributed by atoms with Gasteiger partial charge in [0.05, 0.1) is 0 Å². The van der Waals surface area contributed by atoms with Gasteiger partial charge < -0.3 is 10.1 Å². The van der Waals surface area contributed by atoms with Crippen molar-refractivity contribution in [3.63, 3.8) is 0 Å². The second-order valence-electron chi connectivity index (χ2n) is 5.06. The van der Waals surface area contributed by atoms with Gasteiger partial charge >= 0.3 is 0 Å². The van der Waals surface area contributed by atoms with Crippen LogP contribution in [0.4, 0.5) is 11.8 Å². The van der Waals surface area contributed by atoms with Crippen LogP contribution in [0.1, 0.15) is 5.56 Å². The van der Waals surface area contributed by atoms with Crippen LogP contribution in [0.15, 0.2) is 67.1 Å². The summed E-state index contributed by atoms with van der Waals surface area (Å²) < 4.78 is 7.50. The lowest BCUT2D eigenvalue weighted by Gasteiger charge is -2.06. The number of hydrogen-bond acceptors (Lipinski definition) is 6. The topological polar surface area (TPSA) is 77.2 Å². The molecular formula is C17H14N6O. The van der Waals surface area contributed by atoms with Crippen molar-refractivity contribution in [2.45, 2.75) is 6.61 Å². The summed E-state index contributed by atoms with van der Waals surface area (Å²) in [5, 5.41) is 7.51. The third kappa shape index (κ3) is 3.00. The molecule has 0 aromatic carbocycles. The normalized spacial score (nSPS) is 10.7. The van der Waals surface area contributed by atoms with Gasteiger partial charge in [-0.1, -0.05) is 18.2 Å². The van der Waals surface area contributed by atoms with E-state index in [1.165, 1.54) is 0 Å². The maximum absolute atomic E-state index is 5.85. The maximum atomic E-state index is 5.85. The molecule has 24 heavy (non-hydrogen) atoms. The highest BCUT2D eigenvalue weighted by Crippen LogP contribution is 2.17. The molecule has 4 aromatic rings. The molecule has 0 saturated carbocycles. The van der Waals surface area contributed by atoms with E-state index in [1.54, 1.807) is 23.1 Å². The number of pyridine rings is 3. The Morgan fingerprint density at radius 1 is 1.00 bits per heavy atom. The van der Waals surface area contributed by atoms with Crippen LogP contribution in [0.3, 0.4) is 0 Å². The quantitative estimate of drug-likeness (QED) is 0.610. The standard InChI is InChI=1S/C17H14N6O/c1-2-10-19-14(6-1)20-17-21-15-7-3-8-16(23(15)22-17)24-12-13-5-4-9-18-11-13/h1-11H,12H2,(H,19,20,22). The van der Waals surface area contributed by atoms with Crippen molar-refractivity contribution in [2.75, 3.05) is 5.32 Å². The summed E-state index contributed by atoms with van der Waals surface area (Å²) in [6.45, 7) is 0.413. The molecular weight excluding hydrogens is 304 g/mol. The van der Waals surface area contributed by atoms with Crippen LogP contribution in [0.5, 0.6) is 5.88 Å². The zero-order chi connectivity index (χ0) is 16.2. The molecule has 0 aliphatic rings. The minimum atomic E-state index is 0.413. The van der Waals surface area contributed by atoms with E-state index in [4.69, 9.17) is 4.74 Å². The lowest BCUT2D eigenvalue weighted by atomic mass is 10.3. The summed E-state index contributed by atoms with van der Waals surface area (Å²) in [7, 11) is 0. The molecule has 4 rings (SSSR count). The first-order valence-corrected chi connectivity index (χ1v) is 7.44. The Morgan fingerprint density at radius 2 is 2.00 bits per heavy atom. The van der Waals surface area contributed by atoms with E-state index >= 15 is 0 Å². The number of fused-ring (bicyclic) bond motifs is 1. The van der Waals surface area contributed by atoms with E-state index < -0.39 is 0 Å². The first-order valence-electron chi connectivity index (χ1n) is 7.44. The number of ether oxygens (including phenoxy) is 1. The zero-order valence-electron chi connectivity index (χ0n) is 12.7. The molecule has 4 heterocycles. The molecule has 118 valence electrons. The van der Waals surface area contributed by atoms with Crippen LogP contribution in [-0.4, -0.2) is 24.6 Å². The van der Waals surface area contributed by atoms with Gasteiger partial charge in [-0.15, -0.1) is 5.10 Å². The lowest BCUT2D eigenvalue weighted by Crippen LogP contribution is -2.01. The van der Waals surface area contributed by atoms with Gasteiger partial charge in [0.1, 0.15) is 12.4 Å². The molecule has 0 atom stereocenters. The van der Waals surface area contributed by atoms with Gasteiger partial charge in [-0.25, -0.2) is 4.98 Å². The summed E-state index contributed by atoms with van der Waals surface area (Å²) in [6.07, 6.45) is 5.22. The highest BCUT2D eigenvalue weighted by molar-refractivity contribution is 5.52. The second-order valence-corrected chi connectivity index (χ2v) is 5.06. The number of nitrogens with one attached hydrogen (secondary N) is 1. The fourth-order valence-electron chi connectivity index (χ4n) is 2.24. The smallest absolute Gasteiger partial charge is 0.248 e. The van der Waals surface area contributed by atoms with Crippen LogP contribution in [-0.2, 0) is 6.61 Å². The maximum Gasteiger partial charge on any atom is 0.248 e. The molecule has 7 nitrogen and oxygen atoms in total. The number of nitrogens with zero attached hydrogens (tertiary/aromatic N) is 5. The van der Waals surface area contributed by atoms with E-state index in [9.17, 15) is 0 Å². The van der Waals surface area contributed by atoms with Gasteiger partial charge in [0.15, 0.2) is 5.65 Å². The Bertz CT molecular complexity index is 939. The average Bonchev–Trinajstić information content (AvgIpc) is 3.04. The third-order valence-electron chi connectivity index (χ3n) is 3.34. The van der Waals surface area contributed by atoms with Crippen LogP contribution in [0.25, 0.3) is 5.65 Å². The minimum absolute atomic E-state index is 0.413. The van der Waals surface area contributed by atoms with Gasteiger partial charge in [0, 0.05) is 30.2 Å². The van der Waals surface area contributed by atoms with Crippen LogP contribution >= 0.6 is 0 Å². The molecule has 0 aliphatic carbocycles. The van der Waals surface area contributed by atoms with Crippen LogP contribution in [0.2, 0.25) is 0 Å². The highest BCUT2D eigenvalue weighted by atomic mass is 16.5. The predicted molar refractivity (Wildman–Crippen MR) is 89.1 cm³/mol. The second kappa shape index (κ2) is 6.33. The molecule has 0 fully saturated rings. The molecule has 0 amide bonds. The largest absolute Gasteiger partial charge is 0.473 e. The van der Waals surface area contributed by atoms with E-state index in [2.05, 4.69) is 25.4 Å². The van der Waals surface area contributed by atoms with Gasteiger partial charge in [0.2, 0.25) is 11.8 Å². The molecule has 1 N–H and O–H groups in total. The van der Waals surface area contributed by atoms with Crippen molar-refractivity contribution in [1.82, 2.24) is 24.6 Å². The van der Waals surface area contributed by atoms with E-state index in [0.717, 1.165) is 5.56 Å². The Kier molecular flexibility index (Phi) is 3.73. The van der Waals surface area contributed by atoms with Crippen molar-refractivity contribution in [2.24, 2.45) is 0 Å². The Labute approximate surface area is 138 Å². The SMILES string of the molecule is c1ccc(Nc2nc3cccc(OCc4cccnc4)n3n2)nc1. The van der Waals surface area contributed by atoms with Gasteiger partial charge in [0.25, 0.3) is 0 Å². The summed E-state index contributed by atoms with van der Waals surface area (Å²) in [6, 6.07) is 15.0. The number of aromatic nitrogens is 5. The Hall–Kier alpha value is -3.48. The molecule has 0 bridgehead atoms. The zero-order valence-corrected chi connectivity index (χ0v) is 12.7. The van der Waals surface area contributed by atoms with Gasteiger partial charge in [-0.3, -0.25) is 4.98 Å². The van der Waals surface area contributed by atoms with Crippen molar-refractivity contribution in [3.05, 3.63) is 72.7 Å². The fraction of sp³-hybridized carbons (Fsp3) is 0.0588. The number of rotatable bonds is 5. The summed E-state index contributed by atoms with van der Waals surface area (Å²) in [5.74, 6) is 1.76. The van der Waals surface area contributed by atoms with Crippen LogP contribution in [0, 0.1) is 0 Å². The predicted octanol–water partition coefficient (Wildman–Crippen LogP) is 2.84. The van der Waals surface area contributed by atoms with Crippen molar-refractivity contribution in [3.8, 4) is 5.88 Å². The van der Waals surface area contributed by atoms with Crippen molar-refractivity contribution >= 4 is 17.4 Å². The first-order chi connectivity index (χ1) is 11.9. The first kappa shape index (κ1) is 14.1.